The maximum atomic E-state index is 5.29. The Bertz CT molecular complexity index is 483. The van der Waals surface area contributed by atoms with Crippen LogP contribution in [0.15, 0.2) is 22.0 Å². The highest BCUT2D eigenvalue weighted by atomic mass is 79.9. The predicted octanol–water partition coefficient (Wildman–Crippen LogP) is 2.56. The number of anilines is 1. The topological polar surface area (TPSA) is 63.8 Å². The molecule has 0 aliphatic rings. The Labute approximate surface area is 99.7 Å². The van der Waals surface area contributed by atoms with Gasteiger partial charge >= 0.3 is 0 Å². The molecule has 0 atom stereocenters. The maximum Gasteiger partial charge on any atom is 0.237 e. The SMILES string of the molecule is Cc1cc(-c2cc(Br)cs2)nc(NN)n1. The molecular formula is C9H9BrN4S. The Morgan fingerprint density at radius 1 is 1.40 bits per heavy atom. The number of nitrogens with one attached hydrogen (secondary N) is 1. The Balaban J connectivity index is 2.48. The van der Waals surface area contributed by atoms with Gasteiger partial charge in [-0.2, -0.15) is 0 Å². The summed E-state index contributed by atoms with van der Waals surface area (Å²) < 4.78 is 1.06. The third-order valence-electron chi connectivity index (χ3n) is 1.80. The molecule has 2 rings (SSSR count). The van der Waals surface area contributed by atoms with Crippen LogP contribution in [0.2, 0.25) is 0 Å². The molecule has 4 nitrogen and oxygen atoms in total. The molecule has 0 saturated carbocycles. The lowest BCUT2D eigenvalue weighted by Gasteiger charge is -2.02. The van der Waals surface area contributed by atoms with Gasteiger partial charge in [-0.15, -0.1) is 11.3 Å². The van der Waals surface area contributed by atoms with Crippen LogP contribution in [0, 0.1) is 6.92 Å². The van der Waals surface area contributed by atoms with Crippen LogP contribution in [0.5, 0.6) is 0 Å². The molecule has 3 N–H and O–H groups in total. The molecule has 2 aromatic heterocycles. The number of aromatic nitrogens is 2. The van der Waals surface area contributed by atoms with E-state index in [-0.39, 0.29) is 0 Å². The molecule has 0 amide bonds. The molecule has 0 unspecified atom stereocenters. The lowest BCUT2D eigenvalue weighted by Crippen LogP contribution is -2.11. The summed E-state index contributed by atoms with van der Waals surface area (Å²) in [5.41, 5.74) is 4.22. The molecule has 0 saturated heterocycles. The summed E-state index contributed by atoms with van der Waals surface area (Å²) in [5, 5.41) is 2.02. The first-order valence-electron chi connectivity index (χ1n) is 4.26. The number of hydrogen-bond donors (Lipinski definition) is 2. The van der Waals surface area contributed by atoms with Gasteiger partial charge in [0.1, 0.15) is 0 Å². The van der Waals surface area contributed by atoms with Crippen molar-refractivity contribution in [2.24, 2.45) is 5.84 Å². The van der Waals surface area contributed by atoms with E-state index in [0.717, 1.165) is 20.7 Å². The van der Waals surface area contributed by atoms with E-state index in [2.05, 4.69) is 31.3 Å². The van der Waals surface area contributed by atoms with Gasteiger partial charge in [0.15, 0.2) is 0 Å². The van der Waals surface area contributed by atoms with Crippen molar-refractivity contribution in [3.8, 4) is 10.6 Å². The summed E-state index contributed by atoms with van der Waals surface area (Å²) >= 11 is 5.04. The number of halogens is 1. The average Bonchev–Trinajstić information content (AvgIpc) is 2.64. The second-order valence-electron chi connectivity index (χ2n) is 2.99. The molecule has 6 heteroatoms. The Morgan fingerprint density at radius 2 is 2.20 bits per heavy atom. The molecule has 15 heavy (non-hydrogen) atoms. The number of aryl methyl sites for hydroxylation is 1. The van der Waals surface area contributed by atoms with Gasteiger partial charge in [-0.05, 0) is 35.0 Å². The van der Waals surface area contributed by atoms with Crippen molar-refractivity contribution in [1.29, 1.82) is 0 Å². The van der Waals surface area contributed by atoms with Crippen LogP contribution in [-0.4, -0.2) is 9.97 Å². The second-order valence-corrected chi connectivity index (χ2v) is 4.82. The van der Waals surface area contributed by atoms with Crippen LogP contribution in [0.25, 0.3) is 10.6 Å². The summed E-state index contributed by atoms with van der Waals surface area (Å²) in [4.78, 5) is 9.50. The quantitative estimate of drug-likeness (QED) is 0.657. The first-order chi connectivity index (χ1) is 7.19. The monoisotopic (exact) mass is 284 g/mol. The van der Waals surface area contributed by atoms with Gasteiger partial charge in [-0.25, -0.2) is 15.8 Å². The normalized spacial score (nSPS) is 10.3. The number of rotatable bonds is 2. The van der Waals surface area contributed by atoms with Crippen molar-refractivity contribution in [1.82, 2.24) is 9.97 Å². The fourth-order valence-electron chi connectivity index (χ4n) is 1.21. The van der Waals surface area contributed by atoms with Gasteiger partial charge in [0.25, 0.3) is 0 Å². The highest BCUT2D eigenvalue weighted by molar-refractivity contribution is 9.10. The number of thiophene rings is 1. The van der Waals surface area contributed by atoms with Crippen LogP contribution in [-0.2, 0) is 0 Å². The van der Waals surface area contributed by atoms with E-state index in [1.165, 1.54) is 0 Å². The molecule has 2 aromatic rings. The van der Waals surface area contributed by atoms with Crippen LogP contribution < -0.4 is 11.3 Å². The first kappa shape index (κ1) is 10.5. The van der Waals surface area contributed by atoms with E-state index in [1.807, 2.05) is 24.4 Å². The third-order valence-corrected chi connectivity index (χ3v) is 3.52. The fourth-order valence-corrected chi connectivity index (χ4v) is 2.60. The largest absolute Gasteiger partial charge is 0.292 e. The Kier molecular flexibility index (Phi) is 2.99. The van der Waals surface area contributed by atoms with Crippen LogP contribution in [0.3, 0.4) is 0 Å². The summed E-state index contributed by atoms with van der Waals surface area (Å²) in [6, 6.07) is 3.95. The zero-order valence-corrected chi connectivity index (χ0v) is 10.4. The van der Waals surface area contributed by atoms with Crippen LogP contribution in [0.1, 0.15) is 5.69 Å². The van der Waals surface area contributed by atoms with E-state index < -0.39 is 0 Å². The molecule has 2 heterocycles. The Hall–Kier alpha value is -0.980. The predicted molar refractivity (Wildman–Crippen MR) is 65.6 cm³/mol. The van der Waals surface area contributed by atoms with Crippen molar-refractivity contribution in [2.45, 2.75) is 6.92 Å². The third kappa shape index (κ3) is 2.34. The molecule has 0 aliphatic carbocycles. The lowest BCUT2D eigenvalue weighted by atomic mass is 10.3. The van der Waals surface area contributed by atoms with Gasteiger partial charge in [-0.3, -0.25) is 5.43 Å². The highest BCUT2D eigenvalue weighted by Gasteiger charge is 2.05. The van der Waals surface area contributed by atoms with E-state index in [1.54, 1.807) is 11.3 Å². The summed E-state index contributed by atoms with van der Waals surface area (Å²) in [7, 11) is 0. The molecule has 0 aliphatic heterocycles. The van der Waals surface area contributed by atoms with Gasteiger partial charge in [0.2, 0.25) is 5.95 Å². The second kappa shape index (κ2) is 4.26. The minimum atomic E-state index is 0.439. The van der Waals surface area contributed by atoms with Crippen molar-refractivity contribution >= 4 is 33.2 Å². The summed E-state index contributed by atoms with van der Waals surface area (Å²) in [6.07, 6.45) is 0. The van der Waals surface area contributed by atoms with Gasteiger partial charge < -0.3 is 0 Å². The van der Waals surface area contributed by atoms with Gasteiger partial charge in [-0.1, -0.05) is 0 Å². The summed E-state index contributed by atoms with van der Waals surface area (Å²) in [6.45, 7) is 1.91. The van der Waals surface area contributed by atoms with E-state index >= 15 is 0 Å². The molecule has 0 aromatic carbocycles. The lowest BCUT2D eigenvalue weighted by molar-refractivity contribution is 1.08. The van der Waals surface area contributed by atoms with Gasteiger partial charge in [0.05, 0.1) is 10.6 Å². The first-order valence-corrected chi connectivity index (χ1v) is 5.93. The number of nitrogens with zero attached hydrogens (tertiary/aromatic N) is 2. The standard InChI is InChI=1S/C9H9BrN4S/c1-5-2-7(13-9(12-5)14-11)8-3-6(10)4-15-8/h2-4H,11H2,1H3,(H,12,13,14). The molecule has 0 bridgehead atoms. The van der Waals surface area contributed by atoms with E-state index in [4.69, 9.17) is 5.84 Å². The molecule has 78 valence electrons. The minimum absolute atomic E-state index is 0.439. The zero-order chi connectivity index (χ0) is 10.8. The molecular weight excluding hydrogens is 276 g/mol. The van der Waals surface area contributed by atoms with Crippen molar-refractivity contribution in [3.63, 3.8) is 0 Å². The van der Waals surface area contributed by atoms with Crippen molar-refractivity contribution in [3.05, 3.63) is 27.7 Å². The van der Waals surface area contributed by atoms with Gasteiger partial charge in [0, 0.05) is 15.5 Å². The molecule has 0 fully saturated rings. The average molecular weight is 285 g/mol. The number of nitrogen functional groups attached to an aromatic ring is 1. The van der Waals surface area contributed by atoms with E-state index in [0.29, 0.717) is 5.95 Å². The highest BCUT2D eigenvalue weighted by Crippen LogP contribution is 2.29. The smallest absolute Gasteiger partial charge is 0.237 e. The number of hydrogen-bond acceptors (Lipinski definition) is 5. The number of hydrazine groups is 1. The molecule has 0 spiro atoms. The number of nitrogens with two attached hydrogens (primary N) is 1. The summed E-state index contributed by atoms with van der Waals surface area (Å²) in [5.74, 6) is 5.73. The molecule has 0 radical (unpaired) electrons. The Morgan fingerprint density at radius 3 is 2.80 bits per heavy atom. The zero-order valence-electron chi connectivity index (χ0n) is 7.99. The maximum absolute atomic E-state index is 5.29. The van der Waals surface area contributed by atoms with Crippen molar-refractivity contribution in [2.75, 3.05) is 5.43 Å². The van der Waals surface area contributed by atoms with Crippen LogP contribution in [0.4, 0.5) is 5.95 Å². The van der Waals surface area contributed by atoms with Crippen LogP contribution >= 0.6 is 27.3 Å². The minimum Gasteiger partial charge on any atom is -0.292 e. The van der Waals surface area contributed by atoms with E-state index in [9.17, 15) is 0 Å². The fraction of sp³-hybridized carbons (Fsp3) is 0.111. The van der Waals surface area contributed by atoms with Crippen molar-refractivity contribution < 1.29 is 0 Å².